The number of carbonyl (C=O) groups is 1. The summed E-state index contributed by atoms with van der Waals surface area (Å²) in [5.74, 6) is 0.674. The Bertz CT molecular complexity index is 591. The number of hydrogen-bond acceptors (Lipinski definition) is 2. The van der Waals surface area contributed by atoms with Crippen LogP contribution in [0, 0.1) is 23.1 Å². The summed E-state index contributed by atoms with van der Waals surface area (Å²) in [5.41, 5.74) is 0.471. The molecule has 1 aromatic carbocycles. The van der Waals surface area contributed by atoms with Crippen LogP contribution in [-0.2, 0) is 4.79 Å². The van der Waals surface area contributed by atoms with Crippen molar-refractivity contribution in [3.63, 3.8) is 0 Å². The fourth-order valence-corrected chi connectivity index (χ4v) is 7.88. The van der Waals surface area contributed by atoms with Crippen LogP contribution in [0.25, 0.3) is 0 Å². The molecule has 0 bridgehead atoms. The van der Waals surface area contributed by atoms with E-state index in [9.17, 15) is 9.18 Å². The molecule has 3 rings (SSSR count). The van der Waals surface area contributed by atoms with Gasteiger partial charge in [-0.2, -0.15) is 11.1 Å². The highest BCUT2D eigenvalue weighted by atomic mass is 35.6. The number of halogens is 2. The second-order valence-corrected chi connectivity index (χ2v) is 12.4. The summed E-state index contributed by atoms with van der Waals surface area (Å²) in [6.07, 6.45) is 9.22. The maximum atomic E-state index is 13.0. The molecule has 1 aromatic rings. The number of rotatable bonds is 5. The summed E-state index contributed by atoms with van der Waals surface area (Å²) < 4.78 is 18.4. The van der Waals surface area contributed by atoms with Gasteiger partial charge in [0.2, 0.25) is 0 Å². The van der Waals surface area contributed by atoms with Crippen molar-refractivity contribution in [3.05, 3.63) is 30.1 Å². The van der Waals surface area contributed by atoms with Crippen molar-refractivity contribution in [2.45, 2.75) is 70.4 Å². The predicted octanol–water partition coefficient (Wildman–Crippen LogP) is 6.08. The molecule has 0 radical (unpaired) electrons. The predicted molar refractivity (Wildman–Crippen MR) is 107 cm³/mol. The fraction of sp³-hybridized carbons (Fsp3) is 0.667. The second-order valence-electron chi connectivity index (χ2n) is 8.21. The molecule has 2 fully saturated rings. The minimum Gasteiger partial charge on any atom is -0.426 e. The van der Waals surface area contributed by atoms with Gasteiger partial charge in [-0.1, -0.05) is 13.3 Å². The van der Waals surface area contributed by atoms with Crippen LogP contribution in [0.15, 0.2) is 24.3 Å². The Balaban J connectivity index is 1.55. The molecule has 0 unspecified atom stereocenters. The lowest BCUT2D eigenvalue weighted by Crippen LogP contribution is -2.39. The first-order chi connectivity index (χ1) is 12.5. The smallest absolute Gasteiger partial charge is 0.314 e. The molecular formula is C21H30ClFO2Si. The maximum Gasteiger partial charge on any atom is 0.314 e. The molecule has 2 aliphatic rings. The van der Waals surface area contributed by atoms with Crippen molar-refractivity contribution in [3.8, 4) is 5.75 Å². The van der Waals surface area contributed by atoms with Crippen molar-refractivity contribution >= 4 is 25.2 Å². The van der Waals surface area contributed by atoms with Crippen LogP contribution in [0.3, 0.4) is 0 Å². The molecular weight excluding hydrogens is 367 g/mol. The highest BCUT2D eigenvalue weighted by molar-refractivity contribution is 7.07. The van der Waals surface area contributed by atoms with E-state index in [-0.39, 0.29) is 17.7 Å². The Hall–Kier alpha value is -0.873. The van der Waals surface area contributed by atoms with E-state index in [0.717, 1.165) is 31.6 Å². The van der Waals surface area contributed by atoms with Gasteiger partial charge in [0.15, 0.2) is 0 Å². The normalized spacial score (nSPS) is 32.2. The topological polar surface area (TPSA) is 26.3 Å². The van der Waals surface area contributed by atoms with Gasteiger partial charge in [-0.05, 0) is 92.6 Å². The minimum absolute atomic E-state index is 0.0197. The van der Waals surface area contributed by atoms with Gasteiger partial charge in [-0.15, -0.1) is 0 Å². The van der Waals surface area contributed by atoms with Crippen molar-refractivity contribution in [1.29, 1.82) is 0 Å². The minimum atomic E-state index is -0.957. The number of benzene rings is 1. The molecule has 0 N–H and O–H groups in total. The Morgan fingerprint density at radius 1 is 1.19 bits per heavy atom. The fourth-order valence-electron chi connectivity index (χ4n) is 5.16. The Morgan fingerprint density at radius 3 is 2.38 bits per heavy atom. The van der Waals surface area contributed by atoms with E-state index in [0.29, 0.717) is 11.2 Å². The van der Waals surface area contributed by atoms with E-state index in [1.165, 1.54) is 62.0 Å². The molecule has 26 heavy (non-hydrogen) atoms. The molecule has 1 aliphatic carbocycles. The number of hydrogen-bond donors (Lipinski definition) is 0. The summed E-state index contributed by atoms with van der Waals surface area (Å²) in [5, 5.41) is 0. The molecule has 0 aromatic heterocycles. The van der Waals surface area contributed by atoms with Gasteiger partial charge >= 0.3 is 5.97 Å². The van der Waals surface area contributed by atoms with Crippen LogP contribution in [0.4, 0.5) is 4.39 Å². The van der Waals surface area contributed by atoms with Crippen LogP contribution < -0.4 is 4.74 Å². The van der Waals surface area contributed by atoms with E-state index in [4.69, 9.17) is 15.8 Å². The van der Waals surface area contributed by atoms with Gasteiger partial charge in [0.1, 0.15) is 19.7 Å². The van der Waals surface area contributed by atoms with Crippen LogP contribution in [0.5, 0.6) is 5.75 Å². The van der Waals surface area contributed by atoms with Crippen LogP contribution in [0.2, 0.25) is 12.1 Å². The molecule has 1 saturated heterocycles. The SMILES string of the molecule is CCCC1(C2CCC(C(=O)Oc3ccc(F)cc3)CC2)CC[SiH](Cl)CC1. The molecule has 144 valence electrons. The lowest BCUT2D eigenvalue weighted by atomic mass is 9.62. The Morgan fingerprint density at radius 2 is 1.81 bits per heavy atom. The van der Waals surface area contributed by atoms with Gasteiger partial charge in [0, 0.05) is 0 Å². The number of carbonyl (C=O) groups excluding carboxylic acids is 1. The molecule has 2 nitrogen and oxygen atoms in total. The molecule has 0 atom stereocenters. The monoisotopic (exact) mass is 396 g/mol. The summed E-state index contributed by atoms with van der Waals surface area (Å²) in [6, 6.07) is 8.23. The van der Waals surface area contributed by atoms with E-state index in [1.807, 2.05) is 0 Å². The summed E-state index contributed by atoms with van der Waals surface area (Å²) in [6.45, 7) is 2.29. The van der Waals surface area contributed by atoms with E-state index in [1.54, 1.807) is 0 Å². The average Bonchev–Trinajstić information content (AvgIpc) is 2.66. The first-order valence-electron chi connectivity index (χ1n) is 10.1. The lowest BCUT2D eigenvalue weighted by molar-refractivity contribution is -0.140. The maximum absolute atomic E-state index is 13.0. The summed E-state index contributed by atoms with van der Waals surface area (Å²) >= 11 is 6.49. The third-order valence-corrected chi connectivity index (χ3v) is 9.76. The zero-order valence-corrected chi connectivity index (χ0v) is 17.6. The Kier molecular flexibility index (Phi) is 6.79. The number of ether oxygens (including phenoxy) is 1. The standard InChI is InChI=1S/C21H30ClFO2Si/c1-2-11-21(12-14-26(22)15-13-21)17-5-3-16(4-6-17)20(24)25-19-9-7-18(23)8-10-19/h7-10,16-17,26H,2-6,11-15H2,1H3. The first kappa shape index (κ1) is 19.9. The van der Waals surface area contributed by atoms with Crippen LogP contribution in [-0.4, -0.2) is 14.1 Å². The van der Waals surface area contributed by atoms with Crippen molar-refractivity contribution in [2.24, 2.45) is 17.3 Å². The third-order valence-electron chi connectivity index (χ3n) is 6.62. The third kappa shape index (κ3) is 4.69. The highest BCUT2D eigenvalue weighted by Gasteiger charge is 2.43. The van der Waals surface area contributed by atoms with E-state index >= 15 is 0 Å². The quantitative estimate of drug-likeness (QED) is 0.261. The van der Waals surface area contributed by atoms with Crippen molar-refractivity contribution < 1.29 is 13.9 Å². The molecule has 1 aliphatic heterocycles. The van der Waals surface area contributed by atoms with Gasteiger partial charge in [-0.3, -0.25) is 4.79 Å². The summed E-state index contributed by atoms with van der Waals surface area (Å²) in [7, 11) is -0.957. The van der Waals surface area contributed by atoms with Crippen LogP contribution in [0.1, 0.15) is 58.3 Å². The lowest BCUT2D eigenvalue weighted by Gasteiger charge is -2.47. The van der Waals surface area contributed by atoms with Gasteiger partial charge in [-0.25, -0.2) is 4.39 Å². The van der Waals surface area contributed by atoms with Crippen LogP contribution >= 0.6 is 11.1 Å². The number of esters is 1. The highest BCUT2D eigenvalue weighted by Crippen LogP contribution is 2.52. The zero-order chi connectivity index (χ0) is 18.6. The Labute approximate surface area is 162 Å². The molecule has 1 saturated carbocycles. The van der Waals surface area contributed by atoms with Crippen molar-refractivity contribution in [1.82, 2.24) is 0 Å². The largest absolute Gasteiger partial charge is 0.426 e. The van der Waals surface area contributed by atoms with E-state index < -0.39 is 8.11 Å². The van der Waals surface area contributed by atoms with Gasteiger partial charge in [0.05, 0.1) is 5.92 Å². The van der Waals surface area contributed by atoms with Gasteiger partial charge in [0.25, 0.3) is 0 Å². The van der Waals surface area contributed by atoms with E-state index in [2.05, 4.69) is 6.92 Å². The molecule has 0 amide bonds. The molecule has 0 spiro atoms. The average molecular weight is 397 g/mol. The van der Waals surface area contributed by atoms with Crippen molar-refractivity contribution in [2.75, 3.05) is 0 Å². The second kappa shape index (κ2) is 8.88. The summed E-state index contributed by atoms with van der Waals surface area (Å²) in [4.78, 5) is 12.5. The molecule has 1 heterocycles. The molecule has 5 heteroatoms. The first-order valence-corrected chi connectivity index (χ1v) is 13.5. The van der Waals surface area contributed by atoms with Gasteiger partial charge < -0.3 is 4.74 Å². The zero-order valence-electron chi connectivity index (χ0n) is 15.7.